The van der Waals surface area contributed by atoms with E-state index in [1.807, 2.05) is 0 Å². The zero-order chi connectivity index (χ0) is 9.31. The summed E-state index contributed by atoms with van der Waals surface area (Å²) >= 11 is 0. The van der Waals surface area contributed by atoms with Crippen LogP contribution in [0.25, 0.3) is 0 Å². The van der Waals surface area contributed by atoms with Gasteiger partial charge in [-0.3, -0.25) is 0 Å². The lowest BCUT2D eigenvalue weighted by molar-refractivity contribution is -0.314. The molecule has 0 aromatic heterocycles. The van der Waals surface area contributed by atoms with Gasteiger partial charge in [0.25, 0.3) is 0 Å². The molecule has 1 saturated heterocycles. The van der Waals surface area contributed by atoms with Gasteiger partial charge in [-0.25, -0.2) is 0 Å². The minimum Gasteiger partial charge on any atom is -0.550 e. The van der Waals surface area contributed by atoms with Crippen LogP contribution in [0.15, 0.2) is 0 Å². The molecule has 13 heavy (non-hydrogen) atoms. The van der Waals surface area contributed by atoms with E-state index in [4.69, 9.17) is 9.47 Å². The maximum Gasteiger partial charge on any atom is 0.168 e. The zero-order valence-electron chi connectivity index (χ0n) is 7.45. The van der Waals surface area contributed by atoms with Gasteiger partial charge >= 0.3 is 0 Å². The Balaban J connectivity index is 1.91. The average molecular weight is 185 g/mol. The van der Waals surface area contributed by atoms with E-state index in [0.29, 0.717) is 38.9 Å². The second-order valence-corrected chi connectivity index (χ2v) is 3.70. The Morgan fingerprint density at radius 2 is 1.77 bits per heavy atom. The van der Waals surface area contributed by atoms with E-state index in [-0.39, 0.29) is 5.92 Å². The van der Waals surface area contributed by atoms with E-state index < -0.39 is 11.8 Å². The molecule has 74 valence electrons. The van der Waals surface area contributed by atoms with Crippen LogP contribution in [-0.4, -0.2) is 25.0 Å². The van der Waals surface area contributed by atoms with Crippen LogP contribution in [0.2, 0.25) is 0 Å². The second-order valence-electron chi connectivity index (χ2n) is 3.70. The number of hydrogen-bond donors (Lipinski definition) is 0. The number of carboxylic acids is 1. The van der Waals surface area contributed by atoms with Crippen molar-refractivity contribution in [3.05, 3.63) is 0 Å². The van der Waals surface area contributed by atoms with Gasteiger partial charge < -0.3 is 19.4 Å². The maximum atomic E-state index is 10.6. The summed E-state index contributed by atoms with van der Waals surface area (Å²) in [6.45, 7) is 1.27. The SMILES string of the molecule is O=C([O-])C1CCC2(CC1)OCCO2. The van der Waals surface area contributed by atoms with Crippen LogP contribution in [0.1, 0.15) is 25.7 Å². The quantitative estimate of drug-likeness (QED) is 0.561. The Morgan fingerprint density at radius 3 is 2.23 bits per heavy atom. The molecule has 0 atom stereocenters. The monoisotopic (exact) mass is 185 g/mol. The molecule has 4 nitrogen and oxygen atoms in total. The number of ether oxygens (including phenoxy) is 2. The lowest BCUT2D eigenvalue weighted by Gasteiger charge is -2.35. The first-order chi connectivity index (χ1) is 6.22. The standard InChI is InChI=1S/C9H14O4/c10-8(11)7-1-3-9(4-2-7)12-5-6-13-9/h7H,1-6H2,(H,10,11)/p-1. The predicted molar refractivity (Wildman–Crippen MR) is 41.6 cm³/mol. The van der Waals surface area contributed by atoms with Crippen LogP contribution >= 0.6 is 0 Å². The fraction of sp³-hybridized carbons (Fsp3) is 0.889. The summed E-state index contributed by atoms with van der Waals surface area (Å²) in [5, 5.41) is 10.6. The van der Waals surface area contributed by atoms with Gasteiger partial charge in [0.15, 0.2) is 5.79 Å². The van der Waals surface area contributed by atoms with E-state index in [9.17, 15) is 9.90 Å². The first-order valence-electron chi connectivity index (χ1n) is 4.71. The summed E-state index contributed by atoms with van der Waals surface area (Å²) in [6, 6.07) is 0. The normalized spacial score (nSPS) is 28.0. The van der Waals surface area contributed by atoms with Gasteiger partial charge in [-0.15, -0.1) is 0 Å². The van der Waals surface area contributed by atoms with Crippen molar-refractivity contribution in [2.24, 2.45) is 5.92 Å². The van der Waals surface area contributed by atoms with Gasteiger partial charge in [0.1, 0.15) is 0 Å². The van der Waals surface area contributed by atoms with Gasteiger partial charge in [-0.05, 0) is 18.8 Å². The van der Waals surface area contributed by atoms with Crippen LogP contribution in [-0.2, 0) is 14.3 Å². The summed E-state index contributed by atoms with van der Waals surface area (Å²) in [4.78, 5) is 10.6. The van der Waals surface area contributed by atoms with Crippen molar-refractivity contribution in [3.63, 3.8) is 0 Å². The largest absolute Gasteiger partial charge is 0.550 e. The van der Waals surface area contributed by atoms with Crippen molar-refractivity contribution in [1.82, 2.24) is 0 Å². The van der Waals surface area contributed by atoms with Crippen molar-refractivity contribution < 1.29 is 19.4 Å². The third kappa shape index (κ3) is 1.69. The molecule has 2 fully saturated rings. The molecule has 2 rings (SSSR count). The van der Waals surface area contributed by atoms with E-state index in [2.05, 4.69) is 0 Å². The molecule has 0 bridgehead atoms. The fourth-order valence-electron chi connectivity index (χ4n) is 2.08. The van der Waals surface area contributed by atoms with Crippen molar-refractivity contribution in [2.75, 3.05) is 13.2 Å². The summed E-state index contributed by atoms with van der Waals surface area (Å²) < 4.78 is 10.9. The highest BCUT2D eigenvalue weighted by atomic mass is 16.7. The number of rotatable bonds is 1. The lowest BCUT2D eigenvalue weighted by atomic mass is 9.85. The third-order valence-electron chi connectivity index (χ3n) is 2.89. The summed E-state index contributed by atoms with van der Waals surface area (Å²) in [5.41, 5.74) is 0. The highest BCUT2D eigenvalue weighted by Crippen LogP contribution is 2.37. The van der Waals surface area contributed by atoms with E-state index in [1.54, 1.807) is 0 Å². The van der Waals surface area contributed by atoms with Crippen molar-refractivity contribution >= 4 is 5.97 Å². The molecular formula is C9H13O4-. The third-order valence-corrected chi connectivity index (χ3v) is 2.89. The van der Waals surface area contributed by atoms with Crippen LogP contribution in [0.5, 0.6) is 0 Å². The van der Waals surface area contributed by atoms with E-state index in [0.717, 1.165) is 0 Å². The summed E-state index contributed by atoms with van der Waals surface area (Å²) in [6.07, 6.45) is 2.60. The first-order valence-corrected chi connectivity index (χ1v) is 4.71. The van der Waals surface area contributed by atoms with Crippen molar-refractivity contribution in [3.8, 4) is 0 Å². The number of carbonyl (C=O) groups excluding carboxylic acids is 1. The van der Waals surface area contributed by atoms with Crippen molar-refractivity contribution in [2.45, 2.75) is 31.5 Å². The number of aliphatic carboxylic acids is 1. The Kier molecular flexibility index (Phi) is 2.26. The van der Waals surface area contributed by atoms with E-state index >= 15 is 0 Å². The summed E-state index contributed by atoms with van der Waals surface area (Å²) in [7, 11) is 0. The zero-order valence-corrected chi connectivity index (χ0v) is 7.45. The Bertz CT molecular complexity index is 198. The van der Waals surface area contributed by atoms with Crippen LogP contribution in [0, 0.1) is 5.92 Å². The molecule has 0 aromatic carbocycles. The molecule has 0 aromatic rings. The molecular weight excluding hydrogens is 172 g/mol. The molecule has 1 aliphatic carbocycles. The Morgan fingerprint density at radius 1 is 1.23 bits per heavy atom. The fourth-order valence-corrected chi connectivity index (χ4v) is 2.08. The number of carbonyl (C=O) groups is 1. The molecule has 0 amide bonds. The molecule has 0 radical (unpaired) electrons. The molecule has 0 N–H and O–H groups in total. The van der Waals surface area contributed by atoms with Gasteiger partial charge in [0.2, 0.25) is 0 Å². The topological polar surface area (TPSA) is 58.6 Å². The lowest BCUT2D eigenvalue weighted by Crippen LogP contribution is -2.40. The van der Waals surface area contributed by atoms with Crippen LogP contribution in [0.3, 0.4) is 0 Å². The highest BCUT2D eigenvalue weighted by molar-refractivity contribution is 5.67. The molecule has 1 heterocycles. The molecule has 2 aliphatic rings. The molecule has 1 saturated carbocycles. The molecule has 0 unspecified atom stereocenters. The first kappa shape index (κ1) is 8.97. The second kappa shape index (κ2) is 3.27. The maximum absolute atomic E-state index is 10.6. The summed E-state index contributed by atoms with van der Waals surface area (Å²) in [5.74, 6) is -1.70. The van der Waals surface area contributed by atoms with Gasteiger partial charge in [-0.2, -0.15) is 0 Å². The van der Waals surface area contributed by atoms with Gasteiger partial charge in [-0.1, -0.05) is 0 Å². The minimum atomic E-state index is -0.937. The molecule has 1 spiro atoms. The van der Waals surface area contributed by atoms with Crippen molar-refractivity contribution in [1.29, 1.82) is 0 Å². The highest BCUT2D eigenvalue weighted by Gasteiger charge is 2.40. The Hall–Kier alpha value is -0.610. The van der Waals surface area contributed by atoms with Crippen LogP contribution in [0.4, 0.5) is 0 Å². The number of hydrogen-bond acceptors (Lipinski definition) is 4. The molecule has 1 aliphatic heterocycles. The van der Waals surface area contributed by atoms with E-state index in [1.165, 1.54) is 0 Å². The Labute approximate surface area is 76.8 Å². The number of carboxylic acid groups (broad SMARTS) is 1. The van der Waals surface area contributed by atoms with Crippen LogP contribution < -0.4 is 5.11 Å². The van der Waals surface area contributed by atoms with Gasteiger partial charge in [0.05, 0.1) is 13.2 Å². The minimum absolute atomic E-state index is 0.307. The van der Waals surface area contributed by atoms with Gasteiger partial charge in [0, 0.05) is 18.8 Å². The smallest absolute Gasteiger partial charge is 0.168 e. The predicted octanol–water partition coefficient (Wildman–Crippen LogP) is -0.330. The molecule has 4 heteroatoms. The average Bonchev–Trinajstić information content (AvgIpc) is 2.54.